The molecular weight excluding hydrogens is 194 g/mol. The summed E-state index contributed by atoms with van der Waals surface area (Å²) in [7, 11) is 0. The summed E-state index contributed by atoms with van der Waals surface area (Å²) in [5, 5.41) is 0. The Bertz CT molecular complexity index is 376. The zero-order valence-electron chi connectivity index (χ0n) is 8.60. The lowest BCUT2D eigenvalue weighted by Crippen LogP contribution is -2.35. The molecule has 0 aromatic rings. The van der Waals surface area contributed by atoms with Gasteiger partial charge >= 0.3 is 0 Å². The Morgan fingerprint density at radius 2 is 2.33 bits per heavy atom. The van der Waals surface area contributed by atoms with Gasteiger partial charge in [0.2, 0.25) is 5.91 Å². The van der Waals surface area contributed by atoms with Crippen molar-refractivity contribution >= 4 is 11.7 Å². The zero-order valence-corrected chi connectivity index (χ0v) is 8.60. The summed E-state index contributed by atoms with van der Waals surface area (Å²) in [4.78, 5) is 25.3. The van der Waals surface area contributed by atoms with Crippen LogP contribution in [0, 0.1) is 11.3 Å². The molecule has 0 bridgehead atoms. The molecule has 3 aliphatic rings. The van der Waals surface area contributed by atoms with Crippen LogP contribution in [0.1, 0.15) is 13.3 Å². The first kappa shape index (κ1) is 9.09. The second-order valence-electron chi connectivity index (χ2n) is 4.65. The maximum absolute atomic E-state index is 12.1. The van der Waals surface area contributed by atoms with Crippen LogP contribution in [0.5, 0.6) is 0 Å². The van der Waals surface area contributed by atoms with E-state index >= 15 is 0 Å². The molecule has 15 heavy (non-hydrogen) atoms. The highest BCUT2D eigenvalue weighted by atomic mass is 16.5. The van der Waals surface area contributed by atoms with Gasteiger partial charge in [-0.3, -0.25) is 9.59 Å². The molecule has 2 saturated heterocycles. The van der Waals surface area contributed by atoms with Crippen LogP contribution in [-0.4, -0.2) is 36.0 Å². The molecule has 0 radical (unpaired) electrons. The Hall–Kier alpha value is -1.16. The standard InChI is InChI=1S/C11H13NO3/c1-11-3-2-7(13)6-8(11)9-12(10(11)14)4-5-15-9/h2-3,8-9H,4-6H2,1H3/t8-,9+,11-/m1/s1. The molecule has 4 nitrogen and oxygen atoms in total. The van der Waals surface area contributed by atoms with E-state index in [0.29, 0.717) is 19.6 Å². The molecule has 1 amide bonds. The Kier molecular flexibility index (Phi) is 1.63. The van der Waals surface area contributed by atoms with E-state index < -0.39 is 5.41 Å². The van der Waals surface area contributed by atoms with E-state index in [1.54, 1.807) is 11.0 Å². The Morgan fingerprint density at radius 1 is 1.53 bits per heavy atom. The predicted octanol–water partition coefficient (Wildman–Crippen LogP) is 0.336. The van der Waals surface area contributed by atoms with Crippen molar-refractivity contribution in [1.29, 1.82) is 0 Å². The van der Waals surface area contributed by atoms with E-state index in [2.05, 4.69) is 0 Å². The molecule has 2 fully saturated rings. The molecule has 0 aromatic carbocycles. The monoisotopic (exact) mass is 207 g/mol. The fraction of sp³-hybridized carbons (Fsp3) is 0.636. The summed E-state index contributed by atoms with van der Waals surface area (Å²) in [6, 6.07) is 0. The average Bonchev–Trinajstić information content (AvgIpc) is 2.74. The summed E-state index contributed by atoms with van der Waals surface area (Å²) < 4.78 is 5.55. The number of ether oxygens (including phenoxy) is 1. The van der Waals surface area contributed by atoms with Gasteiger partial charge in [0.1, 0.15) is 6.23 Å². The lowest BCUT2D eigenvalue weighted by molar-refractivity contribution is -0.134. The molecule has 0 unspecified atom stereocenters. The van der Waals surface area contributed by atoms with Crippen LogP contribution in [0.15, 0.2) is 12.2 Å². The van der Waals surface area contributed by atoms with Crippen LogP contribution < -0.4 is 0 Å². The van der Waals surface area contributed by atoms with Gasteiger partial charge in [0.05, 0.1) is 12.0 Å². The van der Waals surface area contributed by atoms with Crippen LogP contribution in [-0.2, 0) is 14.3 Å². The van der Waals surface area contributed by atoms with Crippen LogP contribution in [0.4, 0.5) is 0 Å². The van der Waals surface area contributed by atoms with Crippen LogP contribution >= 0.6 is 0 Å². The van der Waals surface area contributed by atoms with Crippen molar-refractivity contribution in [2.24, 2.45) is 11.3 Å². The van der Waals surface area contributed by atoms with Crippen molar-refractivity contribution in [2.45, 2.75) is 19.6 Å². The predicted molar refractivity (Wildman–Crippen MR) is 51.8 cm³/mol. The average molecular weight is 207 g/mol. The van der Waals surface area contributed by atoms with Crippen molar-refractivity contribution < 1.29 is 14.3 Å². The zero-order chi connectivity index (χ0) is 10.6. The molecule has 0 spiro atoms. The van der Waals surface area contributed by atoms with Gasteiger partial charge in [-0.25, -0.2) is 0 Å². The molecular formula is C11H13NO3. The van der Waals surface area contributed by atoms with Crippen molar-refractivity contribution in [2.75, 3.05) is 13.2 Å². The quantitative estimate of drug-likeness (QED) is 0.575. The van der Waals surface area contributed by atoms with Crippen LogP contribution in [0.3, 0.4) is 0 Å². The first-order valence-corrected chi connectivity index (χ1v) is 5.28. The number of fused-ring (bicyclic) bond motifs is 3. The number of rotatable bonds is 0. The smallest absolute Gasteiger partial charge is 0.234 e. The Labute approximate surface area is 87.9 Å². The summed E-state index contributed by atoms with van der Waals surface area (Å²) in [5.74, 6) is 0.214. The molecule has 0 aromatic heterocycles. The van der Waals surface area contributed by atoms with E-state index in [0.717, 1.165) is 0 Å². The van der Waals surface area contributed by atoms with E-state index in [9.17, 15) is 9.59 Å². The summed E-state index contributed by atoms with van der Waals surface area (Å²) in [5.41, 5.74) is -0.515. The van der Waals surface area contributed by atoms with Gasteiger partial charge in [-0.05, 0) is 13.0 Å². The maximum Gasteiger partial charge on any atom is 0.234 e. The van der Waals surface area contributed by atoms with Crippen LogP contribution in [0.25, 0.3) is 0 Å². The van der Waals surface area contributed by atoms with Gasteiger partial charge in [-0.1, -0.05) is 6.08 Å². The molecule has 2 heterocycles. The molecule has 3 rings (SSSR count). The number of nitrogens with zero attached hydrogens (tertiary/aromatic N) is 1. The molecule has 0 saturated carbocycles. The van der Waals surface area contributed by atoms with E-state index in [4.69, 9.17) is 4.74 Å². The second kappa shape index (κ2) is 2.70. The minimum Gasteiger partial charge on any atom is -0.356 e. The third kappa shape index (κ3) is 1.00. The lowest BCUT2D eigenvalue weighted by atomic mass is 9.72. The molecule has 2 aliphatic heterocycles. The highest BCUT2D eigenvalue weighted by molar-refractivity contribution is 5.97. The molecule has 80 valence electrons. The van der Waals surface area contributed by atoms with Gasteiger partial charge in [0.15, 0.2) is 5.78 Å². The highest BCUT2D eigenvalue weighted by Gasteiger charge is 2.58. The van der Waals surface area contributed by atoms with Gasteiger partial charge in [0.25, 0.3) is 0 Å². The number of hydrogen-bond donors (Lipinski definition) is 0. The number of allylic oxidation sites excluding steroid dienone is 1. The second-order valence-corrected chi connectivity index (χ2v) is 4.65. The summed E-state index contributed by atoms with van der Waals surface area (Å²) >= 11 is 0. The third-order valence-electron chi connectivity index (χ3n) is 3.80. The molecule has 3 atom stereocenters. The van der Waals surface area contributed by atoms with Gasteiger partial charge in [-0.15, -0.1) is 0 Å². The van der Waals surface area contributed by atoms with Gasteiger partial charge in [0, 0.05) is 18.9 Å². The number of hydrogen-bond acceptors (Lipinski definition) is 3. The van der Waals surface area contributed by atoms with Gasteiger partial charge < -0.3 is 9.64 Å². The van der Waals surface area contributed by atoms with Crippen molar-refractivity contribution in [3.63, 3.8) is 0 Å². The largest absolute Gasteiger partial charge is 0.356 e. The number of amides is 1. The molecule has 0 N–H and O–H groups in total. The van der Waals surface area contributed by atoms with Crippen LogP contribution in [0.2, 0.25) is 0 Å². The Balaban J connectivity index is 2.06. The first-order chi connectivity index (χ1) is 7.13. The minimum atomic E-state index is -0.515. The van der Waals surface area contributed by atoms with Gasteiger partial charge in [-0.2, -0.15) is 0 Å². The minimum absolute atomic E-state index is 0.00463. The van der Waals surface area contributed by atoms with Crippen molar-refractivity contribution in [1.82, 2.24) is 4.90 Å². The summed E-state index contributed by atoms with van der Waals surface area (Å²) in [6.45, 7) is 3.17. The first-order valence-electron chi connectivity index (χ1n) is 5.28. The maximum atomic E-state index is 12.1. The van der Waals surface area contributed by atoms with E-state index in [-0.39, 0.29) is 23.8 Å². The van der Waals surface area contributed by atoms with Crippen molar-refractivity contribution in [3.8, 4) is 0 Å². The fourth-order valence-electron chi connectivity index (χ4n) is 2.86. The lowest BCUT2D eigenvalue weighted by Gasteiger charge is -2.29. The summed E-state index contributed by atoms with van der Waals surface area (Å²) in [6.07, 6.45) is 3.56. The van der Waals surface area contributed by atoms with E-state index in [1.807, 2.05) is 6.92 Å². The van der Waals surface area contributed by atoms with E-state index in [1.165, 1.54) is 6.08 Å². The van der Waals surface area contributed by atoms with Crippen molar-refractivity contribution in [3.05, 3.63) is 12.2 Å². The topological polar surface area (TPSA) is 46.6 Å². The number of carbonyl (C=O) groups excluding carboxylic acids is 2. The fourth-order valence-corrected chi connectivity index (χ4v) is 2.86. The number of ketones is 1. The molecule has 1 aliphatic carbocycles. The third-order valence-corrected chi connectivity index (χ3v) is 3.80. The normalized spacial score (nSPS) is 43.4. The Morgan fingerprint density at radius 3 is 3.13 bits per heavy atom. The molecule has 4 heteroatoms. The number of carbonyl (C=O) groups is 2. The SMILES string of the molecule is C[C@@]12C=CC(=O)C[C@@H]1[C@@H]1OCCN1C2=O. The highest BCUT2D eigenvalue weighted by Crippen LogP contribution is 2.48.